The lowest BCUT2D eigenvalue weighted by Gasteiger charge is -2.28. The molecule has 0 saturated carbocycles. The van der Waals surface area contributed by atoms with Crippen LogP contribution in [-0.4, -0.2) is 29.8 Å². The highest BCUT2D eigenvalue weighted by atomic mass is 32.1. The van der Waals surface area contributed by atoms with Gasteiger partial charge in [-0.15, -0.1) is 11.3 Å². The zero-order valence-corrected chi connectivity index (χ0v) is 14.8. The molecule has 3 N–H and O–H groups in total. The van der Waals surface area contributed by atoms with Crippen molar-refractivity contribution in [3.8, 4) is 0 Å². The van der Waals surface area contributed by atoms with Gasteiger partial charge in [0.15, 0.2) is 0 Å². The van der Waals surface area contributed by atoms with Gasteiger partial charge in [-0.3, -0.25) is 19.7 Å². The molecular formula is C17H18N4O4S. The Hall–Kier alpha value is -2.94. The maximum Gasteiger partial charge on any atom is 0.293 e. The van der Waals surface area contributed by atoms with Crippen LogP contribution in [0.2, 0.25) is 0 Å². The number of thiophene rings is 1. The van der Waals surface area contributed by atoms with E-state index in [1.807, 2.05) is 4.90 Å². The predicted octanol–water partition coefficient (Wildman–Crippen LogP) is 3.00. The van der Waals surface area contributed by atoms with Gasteiger partial charge in [0.05, 0.1) is 10.5 Å². The number of nitrogens with zero attached hydrogens (tertiary/aromatic N) is 2. The molecule has 1 aliphatic rings. The molecule has 0 spiro atoms. The molecule has 3 rings (SSSR count). The number of nitro benzene ring substituents is 1. The van der Waals surface area contributed by atoms with Crippen molar-refractivity contribution in [2.75, 3.05) is 23.3 Å². The van der Waals surface area contributed by atoms with E-state index in [-0.39, 0.29) is 16.8 Å². The lowest BCUT2D eigenvalue weighted by molar-refractivity contribution is -0.384. The Kier molecular flexibility index (Phi) is 5.17. The highest BCUT2D eigenvalue weighted by Gasteiger charge is 2.23. The summed E-state index contributed by atoms with van der Waals surface area (Å²) in [7, 11) is 0. The fourth-order valence-corrected chi connectivity index (χ4v) is 3.78. The molecule has 1 aromatic heterocycles. The molecule has 2 heterocycles. The van der Waals surface area contributed by atoms with E-state index in [4.69, 9.17) is 5.73 Å². The number of nitro groups is 1. The molecular weight excluding hydrogens is 356 g/mol. The van der Waals surface area contributed by atoms with Gasteiger partial charge in [-0.1, -0.05) is 0 Å². The summed E-state index contributed by atoms with van der Waals surface area (Å²) in [5.41, 5.74) is 6.06. The SMILES string of the molecule is NC(=O)c1ccsc1NC(=O)c1ccc(N2CCCCC2)c([N+](=O)[O-])c1. The van der Waals surface area contributed by atoms with E-state index in [1.54, 1.807) is 17.5 Å². The summed E-state index contributed by atoms with van der Waals surface area (Å²) in [4.78, 5) is 36.8. The van der Waals surface area contributed by atoms with E-state index in [1.165, 1.54) is 12.1 Å². The van der Waals surface area contributed by atoms with Gasteiger partial charge in [0.2, 0.25) is 0 Å². The van der Waals surface area contributed by atoms with Gasteiger partial charge in [0.25, 0.3) is 17.5 Å². The molecule has 1 saturated heterocycles. The molecule has 9 heteroatoms. The Bertz CT molecular complexity index is 858. The Morgan fingerprint density at radius 3 is 2.58 bits per heavy atom. The second-order valence-corrected chi connectivity index (χ2v) is 6.91. The van der Waals surface area contributed by atoms with Crippen LogP contribution in [0.25, 0.3) is 0 Å². The second kappa shape index (κ2) is 7.52. The van der Waals surface area contributed by atoms with Crippen LogP contribution in [0, 0.1) is 10.1 Å². The van der Waals surface area contributed by atoms with Crippen molar-refractivity contribution in [2.24, 2.45) is 5.73 Å². The van der Waals surface area contributed by atoms with Crippen LogP contribution in [0.3, 0.4) is 0 Å². The summed E-state index contributed by atoms with van der Waals surface area (Å²) in [6.45, 7) is 1.53. The average Bonchev–Trinajstić information content (AvgIpc) is 3.10. The van der Waals surface area contributed by atoms with Gasteiger partial charge in [0, 0.05) is 24.7 Å². The molecule has 1 fully saturated rings. The quantitative estimate of drug-likeness (QED) is 0.616. The smallest absolute Gasteiger partial charge is 0.293 e. The van der Waals surface area contributed by atoms with Crippen molar-refractivity contribution in [2.45, 2.75) is 19.3 Å². The van der Waals surface area contributed by atoms with Crippen LogP contribution in [0.1, 0.15) is 40.0 Å². The number of amides is 2. The fourth-order valence-electron chi connectivity index (χ4n) is 2.99. The van der Waals surface area contributed by atoms with Crippen molar-refractivity contribution < 1.29 is 14.5 Å². The summed E-state index contributed by atoms with van der Waals surface area (Å²) < 4.78 is 0. The van der Waals surface area contributed by atoms with Crippen LogP contribution in [0.5, 0.6) is 0 Å². The first-order chi connectivity index (χ1) is 12.5. The van der Waals surface area contributed by atoms with Crippen LogP contribution in [0.15, 0.2) is 29.6 Å². The van der Waals surface area contributed by atoms with E-state index >= 15 is 0 Å². The van der Waals surface area contributed by atoms with Crippen molar-refractivity contribution in [3.63, 3.8) is 0 Å². The maximum atomic E-state index is 12.5. The van der Waals surface area contributed by atoms with Crippen LogP contribution >= 0.6 is 11.3 Å². The molecule has 1 aromatic carbocycles. The van der Waals surface area contributed by atoms with Crippen LogP contribution in [-0.2, 0) is 0 Å². The van der Waals surface area contributed by atoms with E-state index in [0.717, 1.165) is 43.7 Å². The van der Waals surface area contributed by atoms with E-state index in [0.29, 0.717) is 10.7 Å². The topological polar surface area (TPSA) is 119 Å². The average molecular weight is 374 g/mol. The van der Waals surface area contributed by atoms with Crippen molar-refractivity contribution in [3.05, 3.63) is 50.9 Å². The number of nitrogens with one attached hydrogen (secondary N) is 1. The Balaban J connectivity index is 1.86. The number of carbonyl (C=O) groups excluding carboxylic acids is 2. The summed E-state index contributed by atoms with van der Waals surface area (Å²) in [5.74, 6) is -1.17. The second-order valence-electron chi connectivity index (χ2n) is 5.99. The number of anilines is 2. The van der Waals surface area contributed by atoms with Crippen molar-refractivity contribution in [1.82, 2.24) is 0 Å². The molecule has 2 aromatic rings. The standard InChI is InChI=1S/C17H18N4O4S/c18-15(22)12-6-9-26-17(12)19-16(23)11-4-5-13(14(10-11)21(24)25)20-7-2-1-3-8-20/h4-6,9-10H,1-3,7-8H2,(H2,18,22)(H,19,23). The molecule has 26 heavy (non-hydrogen) atoms. The molecule has 2 amide bonds. The summed E-state index contributed by atoms with van der Waals surface area (Å²) in [5, 5.41) is 16.0. The highest BCUT2D eigenvalue weighted by Crippen LogP contribution is 2.32. The van der Waals surface area contributed by atoms with Gasteiger partial charge in [-0.2, -0.15) is 0 Å². The van der Waals surface area contributed by atoms with Gasteiger partial charge < -0.3 is 16.0 Å². The minimum absolute atomic E-state index is 0.0964. The Labute approximate surface area is 153 Å². The van der Waals surface area contributed by atoms with Gasteiger partial charge in [-0.25, -0.2) is 0 Å². The zero-order valence-electron chi connectivity index (χ0n) is 13.9. The lowest BCUT2D eigenvalue weighted by atomic mass is 10.1. The van der Waals surface area contributed by atoms with Gasteiger partial charge in [0.1, 0.15) is 10.7 Å². The number of nitrogens with two attached hydrogens (primary N) is 1. The van der Waals surface area contributed by atoms with Crippen molar-refractivity contribution in [1.29, 1.82) is 0 Å². The number of primary amides is 1. The Morgan fingerprint density at radius 1 is 1.19 bits per heavy atom. The number of piperidine rings is 1. The lowest BCUT2D eigenvalue weighted by Crippen LogP contribution is -2.30. The summed E-state index contributed by atoms with van der Waals surface area (Å²) >= 11 is 1.16. The van der Waals surface area contributed by atoms with Crippen LogP contribution < -0.4 is 16.0 Å². The molecule has 0 bridgehead atoms. The van der Waals surface area contributed by atoms with Crippen molar-refractivity contribution >= 4 is 39.5 Å². The van der Waals surface area contributed by atoms with E-state index < -0.39 is 16.7 Å². The largest absolute Gasteiger partial charge is 0.366 e. The third-order valence-electron chi connectivity index (χ3n) is 4.29. The van der Waals surface area contributed by atoms with Gasteiger partial charge in [-0.05, 0) is 42.8 Å². The van der Waals surface area contributed by atoms with E-state index in [2.05, 4.69) is 5.32 Å². The minimum Gasteiger partial charge on any atom is -0.366 e. The fraction of sp³-hybridized carbons (Fsp3) is 0.294. The highest BCUT2D eigenvalue weighted by molar-refractivity contribution is 7.14. The van der Waals surface area contributed by atoms with Gasteiger partial charge >= 0.3 is 0 Å². The number of hydrogen-bond donors (Lipinski definition) is 2. The predicted molar refractivity (Wildman–Crippen MR) is 100.0 cm³/mol. The third kappa shape index (κ3) is 3.67. The first-order valence-corrected chi connectivity index (χ1v) is 9.07. The summed E-state index contributed by atoms with van der Waals surface area (Å²) in [6, 6.07) is 5.97. The molecule has 0 radical (unpaired) electrons. The monoisotopic (exact) mass is 374 g/mol. The summed E-state index contributed by atoms with van der Waals surface area (Å²) in [6.07, 6.45) is 3.11. The normalized spacial score (nSPS) is 14.1. The molecule has 0 aliphatic carbocycles. The van der Waals surface area contributed by atoms with Crippen LogP contribution in [0.4, 0.5) is 16.4 Å². The molecule has 0 unspecified atom stereocenters. The molecule has 1 aliphatic heterocycles. The minimum atomic E-state index is -0.645. The molecule has 8 nitrogen and oxygen atoms in total. The molecule has 136 valence electrons. The Morgan fingerprint density at radius 2 is 1.92 bits per heavy atom. The maximum absolute atomic E-state index is 12.5. The zero-order chi connectivity index (χ0) is 18.7. The third-order valence-corrected chi connectivity index (χ3v) is 5.12. The molecule has 0 atom stereocenters. The first kappa shape index (κ1) is 17.9. The first-order valence-electron chi connectivity index (χ1n) is 8.19. The van der Waals surface area contributed by atoms with E-state index in [9.17, 15) is 19.7 Å². The number of hydrogen-bond acceptors (Lipinski definition) is 6. The number of benzene rings is 1. The number of carbonyl (C=O) groups is 2. The number of rotatable bonds is 5.